The Kier molecular flexibility index (Phi) is 2.19. The van der Waals surface area contributed by atoms with Gasteiger partial charge in [-0.2, -0.15) is 0 Å². The van der Waals surface area contributed by atoms with Crippen LogP contribution < -0.4 is 0 Å². The van der Waals surface area contributed by atoms with Crippen molar-refractivity contribution in [1.82, 2.24) is 4.98 Å². The number of nitrogens with one attached hydrogen (secondary N) is 1. The number of rotatable bonds is 2. The molecule has 2 aromatic rings. The van der Waals surface area contributed by atoms with Crippen LogP contribution in [0.4, 0.5) is 5.69 Å². The zero-order valence-corrected chi connectivity index (χ0v) is 8.65. The molecule has 1 aromatic heterocycles. The number of hydrogen-bond acceptors (Lipinski definition) is 2. The molecular formula is C11H12N2O2. The summed E-state index contributed by atoms with van der Waals surface area (Å²) in [6.07, 6.45) is 1.85. The lowest BCUT2D eigenvalue weighted by Gasteiger charge is -2.01. The van der Waals surface area contributed by atoms with Crippen LogP contribution in [-0.4, -0.2) is 9.91 Å². The zero-order chi connectivity index (χ0) is 11.0. The molecule has 0 bridgehead atoms. The van der Waals surface area contributed by atoms with Crippen LogP contribution in [0, 0.1) is 10.1 Å². The fraction of sp³-hybridized carbons (Fsp3) is 0.273. The Labute approximate surface area is 87.1 Å². The summed E-state index contributed by atoms with van der Waals surface area (Å²) in [5.74, 6) is 0.362. The van der Waals surface area contributed by atoms with Crippen LogP contribution in [0.2, 0.25) is 0 Å². The van der Waals surface area contributed by atoms with Crippen LogP contribution in [0.5, 0.6) is 0 Å². The first-order valence-electron chi connectivity index (χ1n) is 4.85. The van der Waals surface area contributed by atoms with Gasteiger partial charge in [0, 0.05) is 17.6 Å². The summed E-state index contributed by atoms with van der Waals surface area (Å²) in [6.45, 7) is 4.14. The Morgan fingerprint density at radius 1 is 1.40 bits per heavy atom. The Morgan fingerprint density at radius 2 is 2.13 bits per heavy atom. The molecule has 78 valence electrons. The van der Waals surface area contributed by atoms with Crippen LogP contribution in [-0.2, 0) is 0 Å². The summed E-state index contributed by atoms with van der Waals surface area (Å²) in [7, 11) is 0. The number of H-pyrrole nitrogens is 1. The van der Waals surface area contributed by atoms with Crippen LogP contribution in [0.15, 0.2) is 24.4 Å². The number of para-hydroxylation sites is 1. The number of non-ortho nitro benzene ring substituents is 1. The normalized spacial score (nSPS) is 11.1. The third-order valence-electron chi connectivity index (χ3n) is 2.54. The molecule has 0 fully saturated rings. The first-order valence-corrected chi connectivity index (χ1v) is 4.85. The minimum absolute atomic E-state index is 0.138. The molecule has 4 nitrogen and oxygen atoms in total. The monoisotopic (exact) mass is 204 g/mol. The van der Waals surface area contributed by atoms with Gasteiger partial charge >= 0.3 is 0 Å². The second kappa shape index (κ2) is 3.38. The summed E-state index contributed by atoms with van der Waals surface area (Å²) >= 11 is 0. The highest BCUT2D eigenvalue weighted by atomic mass is 16.6. The summed E-state index contributed by atoms with van der Waals surface area (Å²) in [5.41, 5.74) is 1.87. The van der Waals surface area contributed by atoms with Crippen molar-refractivity contribution >= 4 is 16.6 Å². The molecule has 0 aliphatic heterocycles. The van der Waals surface area contributed by atoms with Gasteiger partial charge in [0.05, 0.1) is 4.92 Å². The van der Waals surface area contributed by atoms with Gasteiger partial charge in [-0.15, -0.1) is 0 Å². The van der Waals surface area contributed by atoms with E-state index >= 15 is 0 Å². The summed E-state index contributed by atoms with van der Waals surface area (Å²) in [4.78, 5) is 13.4. The van der Waals surface area contributed by atoms with Gasteiger partial charge in [0.2, 0.25) is 0 Å². The zero-order valence-electron chi connectivity index (χ0n) is 8.65. The molecule has 1 N–H and O–H groups in total. The maximum atomic E-state index is 10.8. The van der Waals surface area contributed by atoms with E-state index in [2.05, 4.69) is 18.8 Å². The molecule has 0 saturated carbocycles. The topological polar surface area (TPSA) is 58.9 Å². The maximum Gasteiger partial charge on any atom is 0.293 e. The van der Waals surface area contributed by atoms with Crippen molar-refractivity contribution in [2.45, 2.75) is 19.8 Å². The van der Waals surface area contributed by atoms with Gasteiger partial charge in [0.25, 0.3) is 5.69 Å². The number of hydrogen-bond donors (Lipinski definition) is 1. The molecule has 0 spiro atoms. The van der Waals surface area contributed by atoms with E-state index < -0.39 is 0 Å². The highest BCUT2D eigenvalue weighted by Gasteiger charge is 2.15. The third-order valence-corrected chi connectivity index (χ3v) is 2.54. The largest absolute Gasteiger partial charge is 0.355 e. The fourth-order valence-electron chi connectivity index (χ4n) is 1.79. The molecule has 0 atom stereocenters. The van der Waals surface area contributed by atoms with E-state index in [1.807, 2.05) is 12.3 Å². The number of nitro groups is 1. The Balaban J connectivity index is 2.74. The second-order valence-electron chi connectivity index (χ2n) is 3.86. The molecule has 2 rings (SSSR count). The van der Waals surface area contributed by atoms with Crippen molar-refractivity contribution in [1.29, 1.82) is 0 Å². The fourth-order valence-corrected chi connectivity index (χ4v) is 1.79. The van der Waals surface area contributed by atoms with E-state index in [4.69, 9.17) is 0 Å². The molecule has 0 aliphatic rings. The van der Waals surface area contributed by atoms with Crippen LogP contribution in [0.3, 0.4) is 0 Å². The van der Waals surface area contributed by atoms with Crippen molar-refractivity contribution in [3.63, 3.8) is 0 Å². The lowest BCUT2D eigenvalue weighted by atomic mass is 10.0. The number of nitrogens with zero attached hydrogens (tertiary/aromatic N) is 1. The molecule has 0 saturated heterocycles. The van der Waals surface area contributed by atoms with Gasteiger partial charge in [0.1, 0.15) is 5.52 Å². The average molecular weight is 204 g/mol. The summed E-state index contributed by atoms with van der Waals surface area (Å²) < 4.78 is 0. The third kappa shape index (κ3) is 1.48. The van der Waals surface area contributed by atoms with Gasteiger partial charge in [-0.25, -0.2) is 0 Å². The number of fused-ring (bicyclic) bond motifs is 1. The van der Waals surface area contributed by atoms with Crippen molar-refractivity contribution in [2.75, 3.05) is 0 Å². The van der Waals surface area contributed by atoms with Gasteiger partial charge in [0.15, 0.2) is 0 Å². The lowest BCUT2D eigenvalue weighted by Crippen LogP contribution is -1.89. The molecule has 0 unspecified atom stereocenters. The van der Waals surface area contributed by atoms with E-state index in [1.54, 1.807) is 6.07 Å². The van der Waals surface area contributed by atoms with Gasteiger partial charge in [-0.3, -0.25) is 10.1 Å². The van der Waals surface area contributed by atoms with Gasteiger partial charge in [-0.1, -0.05) is 26.0 Å². The lowest BCUT2D eigenvalue weighted by molar-refractivity contribution is -0.383. The van der Waals surface area contributed by atoms with E-state index in [0.717, 1.165) is 10.9 Å². The van der Waals surface area contributed by atoms with E-state index in [9.17, 15) is 10.1 Å². The Hall–Kier alpha value is -1.84. The molecular weight excluding hydrogens is 192 g/mol. The molecule has 4 heteroatoms. The minimum atomic E-state index is -0.358. The molecule has 15 heavy (non-hydrogen) atoms. The number of aromatic amines is 1. The van der Waals surface area contributed by atoms with Crippen molar-refractivity contribution in [3.05, 3.63) is 40.1 Å². The highest BCUT2D eigenvalue weighted by molar-refractivity contribution is 5.90. The van der Waals surface area contributed by atoms with Crippen molar-refractivity contribution in [3.8, 4) is 0 Å². The van der Waals surface area contributed by atoms with E-state index in [0.29, 0.717) is 11.4 Å². The smallest absolute Gasteiger partial charge is 0.293 e. The van der Waals surface area contributed by atoms with E-state index in [1.165, 1.54) is 6.07 Å². The van der Waals surface area contributed by atoms with Crippen molar-refractivity contribution in [2.24, 2.45) is 0 Å². The minimum Gasteiger partial charge on any atom is -0.355 e. The van der Waals surface area contributed by atoms with Crippen LogP contribution in [0.1, 0.15) is 25.3 Å². The predicted octanol–water partition coefficient (Wildman–Crippen LogP) is 3.20. The molecule has 0 radical (unpaired) electrons. The molecule has 0 aliphatic carbocycles. The Bertz CT molecular complexity index is 514. The van der Waals surface area contributed by atoms with Crippen molar-refractivity contribution < 1.29 is 4.92 Å². The van der Waals surface area contributed by atoms with Crippen LogP contribution >= 0.6 is 0 Å². The maximum absolute atomic E-state index is 10.8. The molecule has 0 amide bonds. The number of benzene rings is 1. The molecule has 1 heterocycles. The average Bonchev–Trinajstić information content (AvgIpc) is 2.59. The second-order valence-corrected chi connectivity index (χ2v) is 3.86. The highest BCUT2D eigenvalue weighted by Crippen LogP contribution is 2.30. The predicted molar refractivity (Wildman–Crippen MR) is 59.0 cm³/mol. The quantitative estimate of drug-likeness (QED) is 0.603. The first-order chi connectivity index (χ1) is 7.11. The standard InChI is InChI=1S/C11H12N2O2/c1-7(2)9-6-12-11-8(9)4-3-5-10(11)13(14)15/h3-7,12H,1-2H3. The first kappa shape index (κ1) is 9.71. The number of aromatic nitrogens is 1. The molecule has 1 aromatic carbocycles. The van der Waals surface area contributed by atoms with Crippen LogP contribution in [0.25, 0.3) is 10.9 Å². The van der Waals surface area contributed by atoms with E-state index in [-0.39, 0.29) is 10.6 Å². The summed E-state index contributed by atoms with van der Waals surface area (Å²) in [5, 5.41) is 11.7. The summed E-state index contributed by atoms with van der Waals surface area (Å²) in [6, 6.07) is 5.15. The Morgan fingerprint density at radius 3 is 2.73 bits per heavy atom. The van der Waals surface area contributed by atoms with Gasteiger partial charge in [-0.05, 0) is 11.5 Å². The van der Waals surface area contributed by atoms with Gasteiger partial charge < -0.3 is 4.98 Å². The number of nitro benzene ring substituents is 1. The SMILES string of the molecule is CC(C)c1c[nH]c2c([N+](=O)[O-])cccc12.